The van der Waals surface area contributed by atoms with Crippen molar-refractivity contribution in [2.45, 2.75) is 191 Å². The molecule has 0 aromatic rings. The number of methoxy groups -OCH3 is 2. The molecular weight excluding hydrogens is 756 g/mol. The minimum Gasteiger partial charge on any atom is -0.459 e. The highest BCUT2D eigenvalue weighted by Crippen LogP contribution is 2.43. The van der Waals surface area contributed by atoms with Gasteiger partial charge in [-0.05, 0) is 80.8 Å². The number of cyclic esters (lactones) is 1. The molecule has 340 valence electrons. The summed E-state index contributed by atoms with van der Waals surface area (Å²) in [6, 6.07) is -0.593. The highest BCUT2D eigenvalue weighted by molar-refractivity contribution is 5.73. The second kappa shape index (κ2) is 20.4. The van der Waals surface area contributed by atoms with Crippen molar-refractivity contribution < 1.29 is 67.9 Å². The van der Waals surface area contributed by atoms with Gasteiger partial charge < -0.3 is 68.0 Å². The van der Waals surface area contributed by atoms with Crippen LogP contribution in [0.3, 0.4) is 0 Å². The molecule has 0 spiro atoms. The Hall–Kier alpha value is -1.09. The van der Waals surface area contributed by atoms with E-state index in [1.807, 2.05) is 53.6 Å². The van der Waals surface area contributed by atoms with Crippen LogP contribution in [-0.2, 0) is 47.4 Å². The Bertz CT molecular complexity index is 1290. The SMILES string of the molecule is CC[C@H]1OC(=O)[C@H](C)[C@@H](O[C@H]2CC(C)(OC)[C@@H](O)[C@H](C)O2)[C@@H](C)[C@@H](O[C@@H]2O[C@H](C)C[C@H](N(C)C)[C@H]2O)[C@](C)(O)C[C@@H](C)[C@@H]2NC(COCCOC)O[C@@H]([C@H]2C)[C@]1(C)O. The van der Waals surface area contributed by atoms with Crippen LogP contribution >= 0.6 is 0 Å². The molecule has 4 saturated heterocycles. The monoisotopic (exact) mass is 835 g/mol. The van der Waals surface area contributed by atoms with Crippen LogP contribution in [0.2, 0.25) is 0 Å². The molecule has 16 heteroatoms. The van der Waals surface area contributed by atoms with Crippen molar-refractivity contribution in [1.29, 1.82) is 0 Å². The lowest BCUT2D eigenvalue weighted by Crippen LogP contribution is -2.67. The summed E-state index contributed by atoms with van der Waals surface area (Å²) in [5.41, 5.74) is -4.27. The number of likely N-dealkylation sites (N-methyl/N-ethyl adjacent to an activating group) is 1. The summed E-state index contributed by atoms with van der Waals surface area (Å²) in [6.07, 6.45) is -8.29. The number of carbonyl (C=O) groups is 1. The zero-order valence-corrected chi connectivity index (χ0v) is 37.6. The number of carbonyl (C=O) groups excluding carboxylic acids is 1. The first-order chi connectivity index (χ1) is 27.0. The Balaban J connectivity index is 1.83. The molecule has 0 aromatic heterocycles. The summed E-state index contributed by atoms with van der Waals surface area (Å²) < 4.78 is 55.7. The van der Waals surface area contributed by atoms with Crippen LogP contribution < -0.4 is 5.32 Å². The summed E-state index contributed by atoms with van der Waals surface area (Å²) in [5, 5.41) is 51.5. The largest absolute Gasteiger partial charge is 0.459 e. The summed E-state index contributed by atoms with van der Waals surface area (Å²) in [4.78, 5) is 16.4. The second-order valence-corrected chi connectivity index (χ2v) is 18.6. The smallest absolute Gasteiger partial charge is 0.311 e. The summed E-state index contributed by atoms with van der Waals surface area (Å²) in [7, 11) is 6.90. The van der Waals surface area contributed by atoms with Crippen LogP contribution in [0.1, 0.15) is 94.9 Å². The Kier molecular flexibility index (Phi) is 17.4. The fourth-order valence-corrected chi connectivity index (χ4v) is 10.0. The molecule has 0 aromatic carbocycles. The van der Waals surface area contributed by atoms with Crippen molar-refractivity contribution in [2.75, 3.05) is 48.1 Å². The molecule has 0 radical (unpaired) electrons. The zero-order valence-electron chi connectivity index (χ0n) is 37.6. The molecule has 4 rings (SSSR count). The van der Waals surface area contributed by atoms with E-state index in [0.29, 0.717) is 19.6 Å². The van der Waals surface area contributed by atoms with Crippen molar-refractivity contribution in [3.05, 3.63) is 0 Å². The summed E-state index contributed by atoms with van der Waals surface area (Å²) in [5.74, 6) is -2.95. The number of rotatable bonds is 12. The second-order valence-electron chi connectivity index (χ2n) is 18.6. The molecule has 0 aliphatic carbocycles. The molecule has 4 heterocycles. The van der Waals surface area contributed by atoms with Gasteiger partial charge in [0.15, 0.2) is 12.6 Å². The van der Waals surface area contributed by atoms with E-state index in [1.165, 1.54) is 7.11 Å². The van der Waals surface area contributed by atoms with E-state index < -0.39 is 96.1 Å². The van der Waals surface area contributed by atoms with E-state index >= 15 is 0 Å². The van der Waals surface area contributed by atoms with Crippen LogP contribution in [0.25, 0.3) is 0 Å². The highest BCUT2D eigenvalue weighted by atomic mass is 16.7. The van der Waals surface area contributed by atoms with Gasteiger partial charge in [-0.15, -0.1) is 0 Å². The number of nitrogens with one attached hydrogen (secondary N) is 1. The zero-order chi connectivity index (χ0) is 43.5. The molecule has 58 heavy (non-hydrogen) atoms. The van der Waals surface area contributed by atoms with Crippen LogP contribution in [0.15, 0.2) is 0 Å². The molecule has 2 bridgehead atoms. The van der Waals surface area contributed by atoms with Crippen LogP contribution in [0, 0.1) is 23.7 Å². The number of hydrogen-bond acceptors (Lipinski definition) is 16. The first-order valence-electron chi connectivity index (χ1n) is 21.4. The minimum absolute atomic E-state index is 0.137. The molecule has 5 N–H and O–H groups in total. The van der Waals surface area contributed by atoms with Gasteiger partial charge in [0.25, 0.3) is 0 Å². The molecule has 2 unspecified atom stereocenters. The number of aliphatic hydroxyl groups excluding tert-OH is 2. The van der Waals surface area contributed by atoms with Crippen LogP contribution in [0.5, 0.6) is 0 Å². The lowest BCUT2D eigenvalue weighted by Gasteiger charge is -2.52. The van der Waals surface area contributed by atoms with Crippen LogP contribution in [0.4, 0.5) is 0 Å². The van der Waals surface area contributed by atoms with Gasteiger partial charge in [0.1, 0.15) is 30.1 Å². The number of aliphatic hydroxyl groups is 4. The Labute approximate surface area is 346 Å². The number of ether oxygens (including phenoxy) is 9. The van der Waals surface area contributed by atoms with Crippen molar-refractivity contribution >= 4 is 5.97 Å². The van der Waals surface area contributed by atoms with Gasteiger partial charge in [0.2, 0.25) is 0 Å². The molecule has 4 aliphatic heterocycles. The van der Waals surface area contributed by atoms with Crippen LogP contribution in [-0.4, -0.2) is 176 Å². The van der Waals surface area contributed by atoms with E-state index in [9.17, 15) is 25.2 Å². The average Bonchev–Trinajstić information content (AvgIpc) is 3.15. The predicted octanol–water partition coefficient (Wildman–Crippen LogP) is 2.20. The normalized spacial score (nSPS) is 48.7. The number of fused-ring (bicyclic) bond motifs is 2. The predicted molar refractivity (Wildman–Crippen MR) is 214 cm³/mol. The van der Waals surface area contributed by atoms with E-state index in [4.69, 9.17) is 42.6 Å². The maximum absolute atomic E-state index is 14.5. The van der Waals surface area contributed by atoms with Crippen molar-refractivity contribution in [3.8, 4) is 0 Å². The van der Waals surface area contributed by atoms with Crippen molar-refractivity contribution in [2.24, 2.45) is 23.7 Å². The lowest BCUT2D eigenvalue weighted by atomic mass is 9.71. The third-order valence-electron chi connectivity index (χ3n) is 13.5. The molecule has 4 aliphatic rings. The Morgan fingerprint density at radius 1 is 0.914 bits per heavy atom. The number of hydrogen-bond donors (Lipinski definition) is 5. The lowest BCUT2D eigenvalue weighted by molar-refractivity contribution is -0.318. The number of esters is 1. The maximum atomic E-state index is 14.5. The first-order valence-corrected chi connectivity index (χ1v) is 21.4. The average molecular weight is 835 g/mol. The standard InChI is InChI=1S/C42H78N2O14/c1-15-29-42(10,49)37-24(4)32(43-30(56-37)21-52-17-16-50-13)22(2)19-40(8,48)36(58-39-33(45)28(44(11)12)18-23(3)53-39)25(5)34(26(6)38(47)55-29)57-31-20-41(9,51-14)35(46)27(7)54-31/h22-37,39,43,45-46,48-49H,15-21H2,1-14H3/t22-,23-,24+,25-,26-,27+,28+,29-,30?,31+,32+,33-,34+,35+,36-,37+,39+,40-,41?,42-/m1/s1. The van der Waals surface area contributed by atoms with Gasteiger partial charge >= 0.3 is 5.97 Å². The quantitative estimate of drug-likeness (QED) is 0.142. The number of nitrogens with zero attached hydrogens (tertiary/aromatic N) is 1. The molecule has 20 atom stereocenters. The molecule has 4 fully saturated rings. The van der Waals surface area contributed by atoms with E-state index in [-0.39, 0.29) is 55.9 Å². The molecule has 16 nitrogen and oxygen atoms in total. The fourth-order valence-electron chi connectivity index (χ4n) is 10.0. The molecule has 0 amide bonds. The van der Waals surface area contributed by atoms with Crippen molar-refractivity contribution in [1.82, 2.24) is 10.2 Å². The van der Waals surface area contributed by atoms with Crippen molar-refractivity contribution in [3.63, 3.8) is 0 Å². The molecular formula is C42H78N2O14. The van der Waals surface area contributed by atoms with E-state index in [0.717, 1.165) is 0 Å². The first kappa shape index (κ1) is 49.6. The van der Waals surface area contributed by atoms with Gasteiger partial charge in [0, 0.05) is 44.6 Å². The topological polar surface area (TPSA) is 196 Å². The maximum Gasteiger partial charge on any atom is 0.311 e. The van der Waals surface area contributed by atoms with Gasteiger partial charge in [0.05, 0.1) is 67.5 Å². The van der Waals surface area contributed by atoms with Gasteiger partial charge in [-0.2, -0.15) is 0 Å². The fraction of sp³-hybridized carbons (Fsp3) is 0.976. The highest BCUT2D eigenvalue weighted by Gasteiger charge is 2.55. The summed E-state index contributed by atoms with van der Waals surface area (Å²) >= 11 is 0. The van der Waals surface area contributed by atoms with Gasteiger partial charge in [-0.1, -0.05) is 27.7 Å². The summed E-state index contributed by atoms with van der Waals surface area (Å²) in [6.45, 7) is 19.1. The Morgan fingerprint density at radius 3 is 2.19 bits per heavy atom. The van der Waals surface area contributed by atoms with E-state index in [2.05, 4.69) is 5.32 Å². The van der Waals surface area contributed by atoms with Gasteiger partial charge in [-0.3, -0.25) is 10.1 Å². The molecule has 0 saturated carbocycles. The van der Waals surface area contributed by atoms with E-state index in [1.54, 1.807) is 41.7 Å². The third kappa shape index (κ3) is 11.1. The van der Waals surface area contributed by atoms with Gasteiger partial charge in [-0.25, -0.2) is 0 Å². The Morgan fingerprint density at radius 2 is 1.59 bits per heavy atom. The minimum atomic E-state index is -1.64. The third-order valence-corrected chi connectivity index (χ3v) is 13.5.